The zero-order valence-corrected chi connectivity index (χ0v) is 6.45. The average Bonchev–Trinajstić information content (AvgIpc) is 2.03. The van der Waals surface area contributed by atoms with E-state index >= 15 is 0 Å². The molecular weight excluding hydrogens is 156 g/mol. The number of nitrogens with two attached hydrogens (primary N) is 2. The molecule has 0 aliphatic rings. The molecule has 5 N–H and O–H groups in total. The Morgan fingerprint density at radius 2 is 2.33 bits per heavy atom. The molecule has 5 heteroatoms. The molecule has 0 saturated heterocycles. The summed E-state index contributed by atoms with van der Waals surface area (Å²) in [7, 11) is 0. The van der Waals surface area contributed by atoms with E-state index in [1.165, 1.54) is 0 Å². The Morgan fingerprint density at radius 1 is 1.58 bits per heavy atom. The Kier molecular flexibility index (Phi) is 2.47. The van der Waals surface area contributed by atoms with Crippen molar-refractivity contribution in [2.75, 3.05) is 5.73 Å². The quantitative estimate of drug-likeness (QED) is 0.569. The molecule has 0 radical (unpaired) electrons. The Bertz CT molecular complexity index is 269. The van der Waals surface area contributed by atoms with E-state index in [1.807, 2.05) is 0 Å². The van der Waals surface area contributed by atoms with Crippen LogP contribution in [0.25, 0.3) is 0 Å². The van der Waals surface area contributed by atoms with Crippen LogP contribution in [0.5, 0.6) is 0 Å². The normalized spacial score (nSPS) is 9.33. The second kappa shape index (κ2) is 3.56. The highest BCUT2D eigenvalue weighted by atomic mass is 16.2. The molecular formula is C7H10N4O. The number of hydrogen-bond donors (Lipinski definition) is 3. The van der Waals surface area contributed by atoms with Gasteiger partial charge in [-0.3, -0.25) is 0 Å². The summed E-state index contributed by atoms with van der Waals surface area (Å²) in [6.45, 7) is 0.378. The van der Waals surface area contributed by atoms with E-state index < -0.39 is 6.03 Å². The van der Waals surface area contributed by atoms with Gasteiger partial charge in [0.1, 0.15) is 5.82 Å². The highest BCUT2D eigenvalue weighted by Gasteiger charge is 1.94. The van der Waals surface area contributed by atoms with Crippen LogP contribution in [0.1, 0.15) is 5.56 Å². The monoisotopic (exact) mass is 166 g/mol. The average molecular weight is 166 g/mol. The van der Waals surface area contributed by atoms with Crippen LogP contribution in [0.3, 0.4) is 0 Å². The summed E-state index contributed by atoms with van der Waals surface area (Å²) in [6.07, 6.45) is 1.59. The fourth-order valence-electron chi connectivity index (χ4n) is 0.730. The SMILES string of the molecule is NC(=O)NCc1ccc(N)nc1. The summed E-state index contributed by atoms with van der Waals surface area (Å²) >= 11 is 0. The van der Waals surface area contributed by atoms with Gasteiger partial charge in [-0.1, -0.05) is 6.07 Å². The van der Waals surface area contributed by atoms with Crippen molar-refractivity contribution in [3.63, 3.8) is 0 Å². The predicted molar refractivity (Wildman–Crippen MR) is 45.1 cm³/mol. The van der Waals surface area contributed by atoms with Crippen LogP contribution in [0, 0.1) is 0 Å². The first kappa shape index (κ1) is 8.32. The lowest BCUT2D eigenvalue weighted by Crippen LogP contribution is -2.28. The molecule has 0 spiro atoms. The first-order chi connectivity index (χ1) is 5.68. The van der Waals surface area contributed by atoms with Crippen molar-refractivity contribution < 1.29 is 4.79 Å². The number of hydrogen-bond acceptors (Lipinski definition) is 3. The minimum atomic E-state index is -0.549. The van der Waals surface area contributed by atoms with Crippen LogP contribution in [0.15, 0.2) is 18.3 Å². The first-order valence-corrected chi connectivity index (χ1v) is 3.42. The lowest BCUT2D eigenvalue weighted by molar-refractivity contribution is 0.248. The summed E-state index contributed by atoms with van der Waals surface area (Å²) in [6, 6.07) is 2.89. The lowest BCUT2D eigenvalue weighted by atomic mass is 10.3. The van der Waals surface area contributed by atoms with E-state index in [9.17, 15) is 4.79 Å². The molecule has 0 aromatic carbocycles. The number of rotatable bonds is 2. The van der Waals surface area contributed by atoms with E-state index in [4.69, 9.17) is 11.5 Å². The summed E-state index contributed by atoms with van der Waals surface area (Å²) in [5.74, 6) is 0.456. The number of nitrogens with zero attached hydrogens (tertiary/aromatic N) is 1. The highest BCUT2D eigenvalue weighted by Crippen LogP contribution is 1.99. The van der Waals surface area contributed by atoms with Crippen molar-refractivity contribution in [1.82, 2.24) is 10.3 Å². The number of carbonyl (C=O) groups is 1. The van der Waals surface area contributed by atoms with Crippen LogP contribution in [0.4, 0.5) is 10.6 Å². The number of nitrogens with one attached hydrogen (secondary N) is 1. The van der Waals surface area contributed by atoms with E-state index in [0.717, 1.165) is 5.56 Å². The summed E-state index contributed by atoms with van der Waals surface area (Å²) in [5.41, 5.74) is 11.1. The van der Waals surface area contributed by atoms with Crippen molar-refractivity contribution in [1.29, 1.82) is 0 Å². The lowest BCUT2D eigenvalue weighted by Gasteiger charge is -2.00. The first-order valence-electron chi connectivity index (χ1n) is 3.42. The van der Waals surface area contributed by atoms with Crippen LogP contribution < -0.4 is 16.8 Å². The van der Waals surface area contributed by atoms with Gasteiger partial charge in [-0.25, -0.2) is 9.78 Å². The van der Waals surface area contributed by atoms with Gasteiger partial charge in [-0.05, 0) is 11.6 Å². The Hall–Kier alpha value is -1.78. The molecule has 1 heterocycles. The Balaban J connectivity index is 2.53. The van der Waals surface area contributed by atoms with Crippen molar-refractivity contribution in [2.24, 2.45) is 5.73 Å². The third-order valence-electron chi connectivity index (χ3n) is 1.31. The van der Waals surface area contributed by atoms with Crippen molar-refractivity contribution >= 4 is 11.8 Å². The van der Waals surface area contributed by atoms with Gasteiger partial charge in [0, 0.05) is 12.7 Å². The third-order valence-corrected chi connectivity index (χ3v) is 1.31. The Labute approximate surface area is 69.8 Å². The van der Waals surface area contributed by atoms with Gasteiger partial charge in [0.15, 0.2) is 0 Å². The molecule has 0 atom stereocenters. The largest absolute Gasteiger partial charge is 0.384 e. The summed E-state index contributed by atoms with van der Waals surface area (Å²) in [4.78, 5) is 14.1. The van der Waals surface area contributed by atoms with Gasteiger partial charge >= 0.3 is 6.03 Å². The van der Waals surface area contributed by atoms with Gasteiger partial charge in [-0.15, -0.1) is 0 Å². The number of urea groups is 1. The molecule has 64 valence electrons. The second-order valence-corrected chi connectivity index (χ2v) is 2.31. The number of pyridine rings is 1. The minimum Gasteiger partial charge on any atom is -0.384 e. The van der Waals surface area contributed by atoms with Crippen LogP contribution in [-0.4, -0.2) is 11.0 Å². The molecule has 0 bridgehead atoms. The predicted octanol–water partition coefficient (Wildman–Crippen LogP) is -0.168. The number of nitrogen functional groups attached to an aromatic ring is 1. The summed E-state index contributed by atoms with van der Waals surface area (Å²) in [5, 5.41) is 2.44. The molecule has 0 aliphatic heterocycles. The van der Waals surface area contributed by atoms with E-state index in [-0.39, 0.29) is 0 Å². The van der Waals surface area contributed by atoms with Gasteiger partial charge in [0.25, 0.3) is 0 Å². The molecule has 12 heavy (non-hydrogen) atoms. The zero-order chi connectivity index (χ0) is 8.97. The molecule has 0 aliphatic carbocycles. The second-order valence-electron chi connectivity index (χ2n) is 2.31. The molecule has 1 rings (SSSR count). The van der Waals surface area contributed by atoms with E-state index in [0.29, 0.717) is 12.4 Å². The van der Waals surface area contributed by atoms with E-state index in [2.05, 4.69) is 10.3 Å². The molecule has 0 fully saturated rings. The number of amides is 2. The van der Waals surface area contributed by atoms with Gasteiger partial charge < -0.3 is 16.8 Å². The standard InChI is InChI=1S/C7H10N4O/c8-6-2-1-5(3-10-6)4-11-7(9)12/h1-3H,4H2,(H2,8,10)(H3,9,11,12). The van der Waals surface area contributed by atoms with Gasteiger partial charge in [-0.2, -0.15) is 0 Å². The molecule has 0 unspecified atom stereocenters. The van der Waals surface area contributed by atoms with Crippen LogP contribution in [-0.2, 0) is 6.54 Å². The molecule has 1 aromatic rings. The van der Waals surface area contributed by atoms with Gasteiger partial charge in [0.2, 0.25) is 0 Å². The van der Waals surface area contributed by atoms with Gasteiger partial charge in [0.05, 0.1) is 0 Å². The highest BCUT2D eigenvalue weighted by molar-refractivity contribution is 5.71. The Morgan fingerprint density at radius 3 is 2.83 bits per heavy atom. The third kappa shape index (κ3) is 2.45. The van der Waals surface area contributed by atoms with E-state index in [1.54, 1.807) is 18.3 Å². The molecule has 2 amide bonds. The minimum absolute atomic E-state index is 0.378. The number of primary amides is 1. The van der Waals surface area contributed by atoms with Crippen molar-refractivity contribution in [2.45, 2.75) is 6.54 Å². The topological polar surface area (TPSA) is 94.0 Å². The molecule has 5 nitrogen and oxygen atoms in total. The van der Waals surface area contributed by atoms with Crippen molar-refractivity contribution in [3.05, 3.63) is 23.9 Å². The number of aromatic nitrogens is 1. The molecule has 1 aromatic heterocycles. The number of anilines is 1. The van der Waals surface area contributed by atoms with Crippen LogP contribution >= 0.6 is 0 Å². The summed E-state index contributed by atoms with van der Waals surface area (Å²) < 4.78 is 0. The smallest absolute Gasteiger partial charge is 0.312 e. The maximum atomic E-state index is 10.3. The molecule has 0 saturated carbocycles. The fraction of sp³-hybridized carbons (Fsp3) is 0.143. The van der Waals surface area contributed by atoms with Crippen molar-refractivity contribution in [3.8, 4) is 0 Å². The number of carbonyl (C=O) groups excluding carboxylic acids is 1. The maximum Gasteiger partial charge on any atom is 0.312 e. The maximum absolute atomic E-state index is 10.3. The fourth-order valence-corrected chi connectivity index (χ4v) is 0.730. The van der Waals surface area contributed by atoms with Crippen LogP contribution in [0.2, 0.25) is 0 Å². The zero-order valence-electron chi connectivity index (χ0n) is 6.45.